The number of hydrogen-bond acceptors (Lipinski definition) is 4. The Labute approximate surface area is 125 Å². The summed E-state index contributed by atoms with van der Waals surface area (Å²) in [7, 11) is 1.69. The highest BCUT2D eigenvalue weighted by atomic mass is 32.1. The minimum Gasteiger partial charge on any atom is -0.497 e. The molecule has 3 nitrogen and oxygen atoms in total. The van der Waals surface area contributed by atoms with Crippen LogP contribution < -0.4 is 10.1 Å². The Morgan fingerprint density at radius 2 is 2.00 bits per heavy atom. The van der Waals surface area contributed by atoms with Gasteiger partial charge in [-0.25, -0.2) is 4.98 Å². The second-order valence-corrected chi connectivity index (χ2v) is 6.39. The summed E-state index contributed by atoms with van der Waals surface area (Å²) in [5.74, 6) is 0.890. The molecule has 4 heteroatoms. The lowest BCUT2D eigenvalue weighted by Gasteiger charge is -2.31. The number of aromatic nitrogens is 1. The molecule has 2 aromatic rings. The number of ether oxygens (including phenoxy) is 1. The van der Waals surface area contributed by atoms with Crippen LogP contribution in [-0.4, -0.2) is 18.1 Å². The molecule has 0 fully saturated rings. The Morgan fingerprint density at radius 1 is 1.30 bits per heavy atom. The van der Waals surface area contributed by atoms with Crippen LogP contribution in [0.5, 0.6) is 5.75 Å². The Hall–Kier alpha value is -1.39. The highest BCUT2D eigenvalue weighted by Gasteiger charge is 2.30. The predicted molar refractivity (Wildman–Crippen MR) is 84.4 cm³/mol. The van der Waals surface area contributed by atoms with Crippen molar-refractivity contribution < 1.29 is 4.74 Å². The molecule has 1 atom stereocenters. The fourth-order valence-electron chi connectivity index (χ4n) is 2.47. The highest BCUT2D eigenvalue weighted by Crippen LogP contribution is 2.28. The summed E-state index contributed by atoms with van der Waals surface area (Å²) in [6.45, 7) is 6.55. The van der Waals surface area contributed by atoms with E-state index in [4.69, 9.17) is 4.74 Å². The van der Waals surface area contributed by atoms with Gasteiger partial charge in [-0.2, -0.15) is 0 Å². The van der Waals surface area contributed by atoms with E-state index in [2.05, 4.69) is 43.2 Å². The van der Waals surface area contributed by atoms with E-state index in [9.17, 15) is 0 Å². The minimum absolute atomic E-state index is 0.142. The summed E-state index contributed by atoms with van der Waals surface area (Å²) in [5, 5.41) is 6.81. The first-order valence-corrected chi connectivity index (χ1v) is 7.72. The topological polar surface area (TPSA) is 34.1 Å². The van der Waals surface area contributed by atoms with Crippen molar-refractivity contribution >= 4 is 11.3 Å². The average Bonchev–Trinajstić information content (AvgIpc) is 2.93. The Bertz CT molecular complexity index is 522. The van der Waals surface area contributed by atoms with Crippen molar-refractivity contribution in [2.24, 2.45) is 0 Å². The van der Waals surface area contributed by atoms with Crippen molar-refractivity contribution in [3.63, 3.8) is 0 Å². The Kier molecular flexibility index (Phi) is 4.78. The van der Waals surface area contributed by atoms with Crippen LogP contribution in [-0.2, 0) is 12.0 Å². The molecule has 1 aromatic carbocycles. The maximum absolute atomic E-state index is 5.21. The third kappa shape index (κ3) is 3.58. The molecule has 1 aromatic heterocycles. The molecule has 0 amide bonds. The zero-order valence-corrected chi connectivity index (χ0v) is 13.3. The molecule has 1 heterocycles. The van der Waals surface area contributed by atoms with E-state index in [-0.39, 0.29) is 5.54 Å². The third-order valence-corrected chi connectivity index (χ3v) is 4.27. The number of thiazole rings is 1. The number of methoxy groups -OCH3 is 1. The molecular weight excluding hydrogens is 268 g/mol. The number of hydrogen-bond donors (Lipinski definition) is 1. The normalized spacial score (nSPS) is 14.2. The van der Waals surface area contributed by atoms with E-state index >= 15 is 0 Å². The van der Waals surface area contributed by atoms with Crippen molar-refractivity contribution in [1.82, 2.24) is 10.3 Å². The van der Waals surface area contributed by atoms with E-state index in [1.807, 2.05) is 23.7 Å². The average molecular weight is 290 g/mol. The SMILES string of the molecule is COc1ccc(CC(C)(NC(C)C)c2nccs2)cc1. The third-order valence-electron chi connectivity index (χ3n) is 3.23. The Balaban J connectivity index is 2.23. The van der Waals surface area contributed by atoms with Crippen LogP contribution in [0.15, 0.2) is 35.8 Å². The summed E-state index contributed by atoms with van der Waals surface area (Å²) in [6, 6.07) is 8.65. The summed E-state index contributed by atoms with van der Waals surface area (Å²) < 4.78 is 5.21. The van der Waals surface area contributed by atoms with Crippen LogP contribution in [0.4, 0.5) is 0 Å². The molecule has 0 saturated carbocycles. The van der Waals surface area contributed by atoms with E-state index in [0.717, 1.165) is 17.2 Å². The van der Waals surface area contributed by atoms with Gasteiger partial charge in [0.15, 0.2) is 0 Å². The van der Waals surface area contributed by atoms with Crippen molar-refractivity contribution in [3.8, 4) is 5.75 Å². The monoisotopic (exact) mass is 290 g/mol. The van der Waals surface area contributed by atoms with E-state index < -0.39 is 0 Å². The smallest absolute Gasteiger partial charge is 0.118 e. The molecule has 0 saturated heterocycles. The van der Waals surface area contributed by atoms with Crippen molar-refractivity contribution in [3.05, 3.63) is 46.4 Å². The fraction of sp³-hybridized carbons (Fsp3) is 0.438. The summed E-state index contributed by atoms with van der Waals surface area (Å²) in [4.78, 5) is 4.50. The van der Waals surface area contributed by atoms with Crippen LogP contribution in [0.25, 0.3) is 0 Å². The van der Waals surface area contributed by atoms with Gasteiger partial charge in [0.05, 0.1) is 12.6 Å². The van der Waals surface area contributed by atoms with Crippen molar-refractivity contribution in [2.45, 2.75) is 38.8 Å². The maximum Gasteiger partial charge on any atom is 0.118 e. The van der Waals surface area contributed by atoms with E-state index in [1.54, 1.807) is 18.4 Å². The summed E-state index contributed by atoms with van der Waals surface area (Å²) >= 11 is 1.70. The lowest BCUT2D eigenvalue weighted by atomic mass is 9.92. The van der Waals surface area contributed by atoms with Gasteiger partial charge in [-0.1, -0.05) is 12.1 Å². The first-order chi connectivity index (χ1) is 9.53. The van der Waals surface area contributed by atoms with Gasteiger partial charge in [0.1, 0.15) is 10.8 Å². The van der Waals surface area contributed by atoms with Gasteiger partial charge in [-0.05, 0) is 44.9 Å². The molecule has 0 aliphatic rings. The fourth-order valence-corrected chi connectivity index (χ4v) is 3.24. The van der Waals surface area contributed by atoms with Crippen molar-refractivity contribution in [1.29, 1.82) is 0 Å². The summed E-state index contributed by atoms with van der Waals surface area (Å²) in [5.41, 5.74) is 1.13. The molecular formula is C16H22N2OS. The second-order valence-electron chi connectivity index (χ2n) is 5.49. The van der Waals surface area contributed by atoms with E-state index in [1.165, 1.54) is 5.56 Å². The van der Waals surface area contributed by atoms with Gasteiger partial charge >= 0.3 is 0 Å². The zero-order chi connectivity index (χ0) is 14.6. The van der Waals surface area contributed by atoms with Crippen LogP contribution in [0.3, 0.4) is 0 Å². The molecule has 108 valence electrons. The van der Waals surface area contributed by atoms with Crippen LogP contribution in [0.2, 0.25) is 0 Å². The first kappa shape index (κ1) is 15.0. The van der Waals surface area contributed by atoms with E-state index in [0.29, 0.717) is 6.04 Å². The van der Waals surface area contributed by atoms with Gasteiger partial charge < -0.3 is 10.1 Å². The maximum atomic E-state index is 5.21. The number of rotatable bonds is 6. The largest absolute Gasteiger partial charge is 0.497 e. The first-order valence-electron chi connectivity index (χ1n) is 6.84. The highest BCUT2D eigenvalue weighted by molar-refractivity contribution is 7.09. The number of nitrogens with zero attached hydrogens (tertiary/aromatic N) is 1. The molecule has 0 aliphatic heterocycles. The molecule has 0 radical (unpaired) electrons. The van der Waals surface area contributed by atoms with Crippen LogP contribution >= 0.6 is 11.3 Å². The lowest BCUT2D eigenvalue weighted by molar-refractivity contribution is 0.330. The quantitative estimate of drug-likeness (QED) is 0.882. The molecule has 1 unspecified atom stereocenters. The standard InChI is InChI=1S/C16H22N2OS/c1-12(2)18-16(3,15-17-9-10-20-15)11-13-5-7-14(19-4)8-6-13/h5-10,12,18H,11H2,1-4H3. The van der Waals surface area contributed by atoms with Gasteiger partial charge in [-0.3, -0.25) is 0 Å². The predicted octanol–water partition coefficient (Wildman–Crippen LogP) is 3.61. The van der Waals surface area contributed by atoms with Gasteiger partial charge in [0.25, 0.3) is 0 Å². The van der Waals surface area contributed by atoms with Crippen LogP contribution in [0, 0.1) is 0 Å². The second kappa shape index (κ2) is 6.37. The number of benzene rings is 1. The molecule has 2 rings (SSSR count). The molecule has 0 aliphatic carbocycles. The Morgan fingerprint density at radius 3 is 2.50 bits per heavy atom. The van der Waals surface area contributed by atoms with Gasteiger partial charge in [0, 0.05) is 17.6 Å². The molecule has 1 N–H and O–H groups in total. The summed E-state index contributed by atoms with van der Waals surface area (Å²) in [6.07, 6.45) is 2.77. The van der Waals surface area contributed by atoms with Gasteiger partial charge in [-0.15, -0.1) is 11.3 Å². The van der Waals surface area contributed by atoms with Crippen molar-refractivity contribution in [2.75, 3.05) is 7.11 Å². The van der Waals surface area contributed by atoms with Gasteiger partial charge in [0.2, 0.25) is 0 Å². The zero-order valence-electron chi connectivity index (χ0n) is 12.5. The number of nitrogens with one attached hydrogen (secondary N) is 1. The lowest BCUT2D eigenvalue weighted by Crippen LogP contribution is -2.45. The molecule has 20 heavy (non-hydrogen) atoms. The molecule has 0 spiro atoms. The molecule has 0 bridgehead atoms. The minimum atomic E-state index is -0.142. The van der Waals surface area contributed by atoms with Crippen LogP contribution in [0.1, 0.15) is 31.3 Å².